The molecule has 4 rings (SSSR count). The molecule has 1 aliphatic heterocycles. The maximum atomic E-state index is 14.4. The summed E-state index contributed by atoms with van der Waals surface area (Å²) < 4.78 is 59.5. The van der Waals surface area contributed by atoms with Gasteiger partial charge in [0.25, 0.3) is 0 Å². The van der Waals surface area contributed by atoms with Crippen LogP contribution in [0.25, 0.3) is 0 Å². The smallest absolute Gasteiger partial charge is 0.466 e. The molecule has 3 aromatic rings. The van der Waals surface area contributed by atoms with Gasteiger partial charge in [0, 0.05) is 35.5 Å². The zero-order valence-corrected chi connectivity index (χ0v) is 19.7. The quantitative estimate of drug-likeness (QED) is 0.233. The van der Waals surface area contributed by atoms with Crippen LogP contribution in [0, 0.1) is 18.2 Å². The fourth-order valence-electron chi connectivity index (χ4n) is 3.98. The maximum absolute atomic E-state index is 14.4. The number of aryl methyl sites for hydroxylation is 1. The molecule has 3 aromatic carbocycles. The minimum Gasteiger partial charge on any atom is -0.507 e. The van der Waals surface area contributed by atoms with E-state index < -0.39 is 29.9 Å². The molecule has 0 amide bonds. The Morgan fingerprint density at radius 1 is 1.11 bits per heavy atom. The monoisotopic (exact) mass is 500 g/mol. The van der Waals surface area contributed by atoms with E-state index >= 15 is 0 Å². The van der Waals surface area contributed by atoms with Crippen molar-refractivity contribution in [1.29, 1.82) is 5.41 Å². The van der Waals surface area contributed by atoms with Gasteiger partial charge in [0.2, 0.25) is 5.70 Å². The number of hydrogen-bond donors (Lipinski definition) is 3. The summed E-state index contributed by atoms with van der Waals surface area (Å²) in [6.07, 6.45) is -4.96. The first-order chi connectivity index (χ1) is 17.1. The van der Waals surface area contributed by atoms with Crippen LogP contribution >= 0.6 is 0 Å². The highest BCUT2D eigenvalue weighted by Crippen LogP contribution is 2.45. The summed E-state index contributed by atoms with van der Waals surface area (Å²) in [5, 5.41) is 19.6. The summed E-state index contributed by atoms with van der Waals surface area (Å²) in [6, 6.07) is 18.6. The number of quaternary nitrogens is 1. The zero-order valence-electron chi connectivity index (χ0n) is 19.7. The highest BCUT2D eigenvalue weighted by atomic mass is 19.4. The van der Waals surface area contributed by atoms with Gasteiger partial charge in [-0.15, -0.1) is 0 Å². The number of ether oxygens (including phenoxy) is 1. The third kappa shape index (κ3) is 5.58. The highest BCUT2D eigenvalue weighted by molar-refractivity contribution is 6.08. The van der Waals surface area contributed by atoms with Crippen molar-refractivity contribution >= 4 is 11.4 Å². The second-order valence-electron chi connectivity index (χ2n) is 8.58. The number of alkyl halides is 3. The van der Waals surface area contributed by atoms with Gasteiger partial charge in [0.05, 0.1) is 12.8 Å². The molecule has 1 heterocycles. The lowest BCUT2D eigenvalue weighted by molar-refractivity contribution is -0.597. The lowest BCUT2D eigenvalue weighted by Gasteiger charge is -2.24. The van der Waals surface area contributed by atoms with E-state index in [1.807, 2.05) is 36.1 Å². The molecule has 2 unspecified atom stereocenters. The molecular weight excluding hydrogens is 474 g/mol. The zero-order chi connectivity index (χ0) is 26.0. The Morgan fingerprint density at radius 2 is 1.81 bits per heavy atom. The third-order valence-corrected chi connectivity index (χ3v) is 6.00. The van der Waals surface area contributed by atoms with E-state index in [1.54, 1.807) is 24.3 Å². The first-order valence-electron chi connectivity index (χ1n) is 11.3. The van der Waals surface area contributed by atoms with Gasteiger partial charge in [-0.3, -0.25) is 5.41 Å². The first-order valence-corrected chi connectivity index (χ1v) is 11.3. The van der Waals surface area contributed by atoms with Gasteiger partial charge in [0.1, 0.15) is 17.7 Å². The maximum Gasteiger partial charge on any atom is 0.466 e. The molecule has 0 aromatic heterocycles. The Labute approximate surface area is 206 Å². The molecule has 188 valence electrons. The second-order valence-corrected chi connectivity index (χ2v) is 8.58. The van der Waals surface area contributed by atoms with Crippen molar-refractivity contribution < 1.29 is 32.7 Å². The van der Waals surface area contributed by atoms with E-state index in [9.17, 15) is 22.7 Å². The Balaban J connectivity index is 1.65. The molecule has 5 nitrogen and oxygen atoms in total. The molecule has 1 fully saturated rings. The molecule has 0 bridgehead atoms. The first kappa shape index (κ1) is 25.4. The number of epoxide rings is 1. The molecule has 4 N–H and O–H groups in total. The number of aromatic hydroxyl groups is 1. The summed E-state index contributed by atoms with van der Waals surface area (Å²) in [6.45, 7) is 2.36. The van der Waals surface area contributed by atoms with Crippen LogP contribution < -0.4 is 10.2 Å². The van der Waals surface area contributed by atoms with E-state index in [2.05, 4.69) is 0 Å². The van der Waals surface area contributed by atoms with Crippen LogP contribution in [0.5, 0.6) is 5.75 Å². The van der Waals surface area contributed by atoms with Crippen molar-refractivity contribution in [2.45, 2.75) is 32.0 Å². The number of nitrogens with one attached hydrogen (secondary N) is 1. The van der Waals surface area contributed by atoms with Gasteiger partial charge in [-0.05, 0) is 30.7 Å². The molecule has 0 radical (unpaired) electrons. The number of rotatable bonds is 8. The Morgan fingerprint density at radius 3 is 2.42 bits per heavy atom. The fourth-order valence-corrected chi connectivity index (χ4v) is 3.98. The SMILES string of the molecule is C[NH2+]/C(=C\C(=N)c1ccc(N(Cc2ccc(C)cc2)C2OC2c2ccccc2F)cc1O)C(F)(F)F. The van der Waals surface area contributed by atoms with Crippen molar-refractivity contribution in [3.8, 4) is 5.75 Å². The van der Waals surface area contributed by atoms with Crippen molar-refractivity contribution in [1.82, 2.24) is 0 Å². The van der Waals surface area contributed by atoms with E-state index in [1.165, 1.54) is 25.2 Å². The van der Waals surface area contributed by atoms with Gasteiger partial charge < -0.3 is 20.1 Å². The van der Waals surface area contributed by atoms with Gasteiger partial charge >= 0.3 is 6.18 Å². The van der Waals surface area contributed by atoms with Crippen LogP contribution in [-0.4, -0.2) is 30.3 Å². The molecule has 36 heavy (non-hydrogen) atoms. The number of phenols is 1. The molecular formula is C27H26F4N3O2+. The Hall–Kier alpha value is -3.69. The van der Waals surface area contributed by atoms with Crippen molar-refractivity contribution in [3.63, 3.8) is 0 Å². The Kier molecular flexibility index (Phi) is 7.14. The molecule has 1 aliphatic rings. The number of hydrogen-bond acceptors (Lipinski definition) is 4. The average molecular weight is 501 g/mol. The van der Waals surface area contributed by atoms with Gasteiger partial charge in [0.15, 0.2) is 6.23 Å². The average Bonchev–Trinajstić information content (AvgIpc) is 3.61. The van der Waals surface area contributed by atoms with E-state index in [-0.39, 0.29) is 17.1 Å². The van der Waals surface area contributed by atoms with Crippen molar-refractivity contribution in [2.24, 2.45) is 0 Å². The lowest BCUT2D eigenvalue weighted by Crippen LogP contribution is -2.80. The van der Waals surface area contributed by atoms with Crippen LogP contribution in [0.2, 0.25) is 0 Å². The number of nitrogens with two attached hydrogens (primary N) is 1. The van der Waals surface area contributed by atoms with Gasteiger partial charge in [-0.25, -0.2) is 4.39 Å². The number of benzene rings is 3. The molecule has 0 spiro atoms. The summed E-state index contributed by atoms with van der Waals surface area (Å²) in [4.78, 5) is 1.85. The highest BCUT2D eigenvalue weighted by Gasteiger charge is 2.46. The van der Waals surface area contributed by atoms with Gasteiger partial charge in [-0.1, -0.05) is 48.0 Å². The predicted molar refractivity (Wildman–Crippen MR) is 128 cm³/mol. The van der Waals surface area contributed by atoms with E-state index in [4.69, 9.17) is 10.1 Å². The second kappa shape index (κ2) is 10.1. The third-order valence-electron chi connectivity index (χ3n) is 6.00. The topological polar surface area (TPSA) is 76.5 Å². The van der Waals surface area contributed by atoms with Crippen LogP contribution in [0.4, 0.5) is 23.2 Å². The number of halogens is 4. The molecule has 1 saturated heterocycles. The largest absolute Gasteiger partial charge is 0.507 e. The fraction of sp³-hybridized carbons (Fsp3) is 0.222. The van der Waals surface area contributed by atoms with Crippen molar-refractivity contribution in [2.75, 3.05) is 11.9 Å². The van der Waals surface area contributed by atoms with Crippen LogP contribution in [0.15, 0.2) is 78.5 Å². The number of allylic oxidation sites excluding steroid dienone is 2. The Bertz CT molecular complexity index is 1290. The summed E-state index contributed by atoms with van der Waals surface area (Å²) >= 11 is 0. The standard InChI is InChI=1S/C27H25F4N3O2/c1-16-7-9-17(10-8-16)15-34(26-25(36-26)19-5-3-4-6-21(19)28)18-11-12-20(23(35)13-18)22(32)14-24(33-2)27(29,30)31/h3-14,25-26,32-33,35H,15H2,1-2H3/p+1/b24-14-,32-22?. The molecule has 9 heteroatoms. The summed E-state index contributed by atoms with van der Waals surface area (Å²) in [7, 11) is 1.24. The van der Waals surface area contributed by atoms with Crippen LogP contribution in [0.3, 0.4) is 0 Å². The van der Waals surface area contributed by atoms with E-state index in [0.717, 1.165) is 16.4 Å². The molecule has 2 atom stereocenters. The number of anilines is 1. The van der Waals surface area contributed by atoms with Crippen LogP contribution in [-0.2, 0) is 11.3 Å². The minimum absolute atomic E-state index is 0.0417. The number of nitrogens with zero attached hydrogens (tertiary/aromatic N) is 1. The summed E-state index contributed by atoms with van der Waals surface area (Å²) in [5.74, 6) is -0.727. The van der Waals surface area contributed by atoms with E-state index in [0.29, 0.717) is 23.9 Å². The van der Waals surface area contributed by atoms with Gasteiger partial charge in [-0.2, -0.15) is 13.2 Å². The normalized spacial score (nSPS) is 17.7. The predicted octanol–water partition coefficient (Wildman–Crippen LogP) is 4.95. The minimum atomic E-state index is -4.60. The lowest BCUT2D eigenvalue weighted by atomic mass is 10.1. The molecule has 0 aliphatic carbocycles. The molecule has 0 saturated carbocycles. The summed E-state index contributed by atoms with van der Waals surface area (Å²) in [5.41, 5.74) is 1.50. The van der Waals surface area contributed by atoms with Crippen LogP contribution in [0.1, 0.15) is 28.4 Å². The number of phenolic OH excluding ortho intramolecular Hbond substituents is 1. The van der Waals surface area contributed by atoms with Crippen molar-refractivity contribution in [3.05, 3.63) is 107 Å².